The van der Waals surface area contributed by atoms with E-state index in [0.29, 0.717) is 0 Å². The van der Waals surface area contributed by atoms with Gasteiger partial charge < -0.3 is 18.0 Å². The minimum Gasteiger partial charge on any atom is -0.822 e. The molecule has 0 unspecified atom stereocenters. The molecule has 5 heteroatoms. The van der Waals surface area contributed by atoms with Gasteiger partial charge in [-0.05, 0) is 6.26 Å². The second kappa shape index (κ2) is 11.7. The Labute approximate surface area is 121 Å². The summed E-state index contributed by atoms with van der Waals surface area (Å²) < 4.78 is 0.00463. The van der Waals surface area contributed by atoms with E-state index in [1.165, 1.54) is 11.8 Å². The molecule has 0 saturated carbocycles. The van der Waals surface area contributed by atoms with Crippen molar-refractivity contribution >= 4 is 28.8 Å². The van der Waals surface area contributed by atoms with E-state index in [-0.39, 0.29) is 88.5 Å². The third kappa shape index (κ3) is 17.6. The maximum Gasteiger partial charge on any atom is 1.00 e. The van der Waals surface area contributed by atoms with Crippen molar-refractivity contribution in [1.82, 2.24) is 0 Å². The maximum absolute atomic E-state index is 8.06. The van der Waals surface area contributed by atoms with E-state index >= 15 is 0 Å². The van der Waals surface area contributed by atoms with Crippen LogP contribution < -0.4 is 51.4 Å². The Morgan fingerprint density at radius 2 is 1.86 bits per heavy atom. The quantitative estimate of drug-likeness (QED) is 0.205. The molecular formula is C2H3KNS2Y-. The third-order valence-electron chi connectivity index (χ3n) is 0.175. The molecular weight excluding hydrogens is 230 g/mol. The SMILES string of the molecule is CSC(=[N-])[S-].[K+].[Y]. The first-order valence-corrected chi connectivity index (χ1v) is 2.67. The number of nitrogens with zero attached hydrogens (tertiary/aromatic N) is 1. The van der Waals surface area contributed by atoms with Gasteiger partial charge in [0.2, 0.25) is 0 Å². The van der Waals surface area contributed by atoms with Crippen molar-refractivity contribution in [2.45, 2.75) is 0 Å². The van der Waals surface area contributed by atoms with E-state index in [4.69, 9.17) is 5.41 Å². The Kier molecular flexibility index (Phi) is 27.7. The monoisotopic (exact) mass is 233 g/mol. The molecule has 0 aliphatic rings. The van der Waals surface area contributed by atoms with Crippen molar-refractivity contribution in [3.63, 3.8) is 0 Å². The third-order valence-corrected chi connectivity index (χ3v) is 1.02. The van der Waals surface area contributed by atoms with Gasteiger partial charge in [-0.15, -0.1) is 0 Å². The van der Waals surface area contributed by atoms with Gasteiger partial charge in [0, 0.05) is 32.7 Å². The van der Waals surface area contributed by atoms with Gasteiger partial charge in [0.25, 0.3) is 0 Å². The summed E-state index contributed by atoms with van der Waals surface area (Å²) >= 11 is 5.38. The summed E-state index contributed by atoms with van der Waals surface area (Å²) in [5.41, 5.74) is 0. The predicted molar refractivity (Wildman–Crippen MR) is 29.2 cm³/mol. The molecule has 0 aromatic rings. The summed E-state index contributed by atoms with van der Waals surface area (Å²) in [6.45, 7) is 0. The molecule has 1 radical (unpaired) electrons. The Morgan fingerprint density at radius 1 is 1.71 bits per heavy atom. The summed E-state index contributed by atoms with van der Waals surface area (Å²) in [6.07, 6.45) is 1.72. The summed E-state index contributed by atoms with van der Waals surface area (Å²) in [5, 5.41) is 8.06. The van der Waals surface area contributed by atoms with Crippen LogP contribution in [0, 0.1) is 0 Å². The van der Waals surface area contributed by atoms with Gasteiger partial charge in [-0.25, -0.2) is 0 Å². The van der Waals surface area contributed by atoms with Crippen molar-refractivity contribution < 1.29 is 84.1 Å². The first kappa shape index (κ1) is 16.5. The minimum absolute atomic E-state index is 0. The molecule has 0 aliphatic carbocycles. The number of thioether (sulfide) groups is 1. The molecule has 0 heterocycles. The van der Waals surface area contributed by atoms with Crippen molar-refractivity contribution in [3.05, 3.63) is 5.41 Å². The second-order valence-corrected chi connectivity index (χ2v) is 1.91. The van der Waals surface area contributed by atoms with Crippen LogP contribution in [0.5, 0.6) is 0 Å². The van der Waals surface area contributed by atoms with Crippen LogP contribution in [0.1, 0.15) is 0 Å². The molecule has 0 spiro atoms. The first-order valence-electron chi connectivity index (χ1n) is 1.04. The van der Waals surface area contributed by atoms with Crippen molar-refractivity contribution in [2.75, 3.05) is 6.26 Å². The fourth-order valence-electron chi connectivity index (χ4n) is 0. The van der Waals surface area contributed by atoms with Gasteiger partial charge >= 0.3 is 51.4 Å². The van der Waals surface area contributed by atoms with E-state index in [9.17, 15) is 0 Å². The topological polar surface area (TPSA) is 22.3 Å². The van der Waals surface area contributed by atoms with Crippen molar-refractivity contribution in [2.24, 2.45) is 0 Å². The average molecular weight is 233 g/mol. The van der Waals surface area contributed by atoms with Crippen LogP contribution in [-0.2, 0) is 45.3 Å². The largest absolute Gasteiger partial charge is 1.00 e. The smallest absolute Gasteiger partial charge is 0.822 e. The van der Waals surface area contributed by atoms with Gasteiger partial charge in [0.15, 0.2) is 0 Å². The Morgan fingerprint density at radius 3 is 1.86 bits per heavy atom. The average Bonchev–Trinajstić information content (AvgIpc) is 1.38. The molecule has 7 heavy (non-hydrogen) atoms. The fourth-order valence-corrected chi connectivity index (χ4v) is 0. The van der Waals surface area contributed by atoms with Gasteiger partial charge in [-0.3, -0.25) is 4.38 Å². The molecule has 0 fully saturated rings. The summed E-state index contributed by atoms with van der Waals surface area (Å²) in [5.74, 6) is 0. The Balaban J connectivity index is -0.0000000800. The number of hydrogen-bond acceptors (Lipinski definition) is 2. The summed E-state index contributed by atoms with van der Waals surface area (Å²) in [4.78, 5) is 0. The van der Waals surface area contributed by atoms with Gasteiger partial charge in [0.05, 0.1) is 0 Å². The summed E-state index contributed by atoms with van der Waals surface area (Å²) in [7, 11) is 0. The van der Waals surface area contributed by atoms with Crippen LogP contribution >= 0.6 is 11.8 Å². The van der Waals surface area contributed by atoms with Crippen LogP contribution in [0.25, 0.3) is 5.41 Å². The standard InChI is InChI=1S/C2H4NS2.K.Y/c1-5-2(3)4;;/h1H3,(H-,3,4);;/q-1;+1;/p-1. The molecule has 0 bridgehead atoms. The molecule has 0 aliphatic heterocycles. The van der Waals surface area contributed by atoms with Crippen LogP contribution in [0.15, 0.2) is 0 Å². The van der Waals surface area contributed by atoms with E-state index in [1.54, 1.807) is 6.26 Å². The van der Waals surface area contributed by atoms with Crippen LogP contribution in [0.4, 0.5) is 0 Å². The van der Waals surface area contributed by atoms with Gasteiger partial charge in [-0.2, -0.15) is 11.8 Å². The van der Waals surface area contributed by atoms with Crippen molar-refractivity contribution in [3.8, 4) is 0 Å². The van der Waals surface area contributed by atoms with Crippen LogP contribution in [0.2, 0.25) is 0 Å². The zero-order chi connectivity index (χ0) is 4.28. The molecule has 0 atom stereocenters. The zero-order valence-electron chi connectivity index (χ0n) is 4.34. The Hall–Kier alpha value is 2.98. The van der Waals surface area contributed by atoms with E-state index in [1.807, 2.05) is 0 Å². The van der Waals surface area contributed by atoms with Crippen LogP contribution in [0.3, 0.4) is 0 Å². The fraction of sp³-hybridized carbons (Fsp3) is 0.500. The minimum atomic E-state index is 0. The van der Waals surface area contributed by atoms with Gasteiger partial charge in [0.1, 0.15) is 0 Å². The predicted octanol–water partition coefficient (Wildman–Crippen LogP) is -2.18. The van der Waals surface area contributed by atoms with E-state index in [2.05, 4.69) is 12.6 Å². The zero-order valence-corrected chi connectivity index (χ0v) is 11.9. The molecule has 0 rings (SSSR count). The molecule has 0 aromatic heterocycles. The molecule has 0 N–H and O–H groups in total. The molecule has 0 amide bonds. The molecule has 1 nitrogen and oxygen atoms in total. The second-order valence-electron chi connectivity index (χ2n) is 0.470. The molecule has 33 valence electrons. The van der Waals surface area contributed by atoms with Gasteiger partial charge in [-0.1, -0.05) is 0 Å². The number of hydrogen-bond donors (Lipinski definition) is 0. The first-order chi connectivity index (χ1) is 2.27. The van der Waals surface area contributed by atoms with Crippen LogP contribution in [-0.4, -0.2) is 10.6 Å². The number of rotatable bonds is 0. The van der Waals surface area contributed by atoms with Crippen molar-refractivity contribution in [1.29, 1.82) is 0 Å². The molecule has 0 aromatic carbocycles. The maximum atomic E-state index is 8.06. The van der Waals surface area contributed by atoms with E-state index in [0.717, 1.165) is 0 Å². The Bertz CT molecular complexity index is 51.0. The van der Waals surface area contributed by atoms with E-state index < -0.39 is 0 Å². The summed E-state index contributed by atoms with van der Waals surface area (Å²) in [6, 6.07) is 0. The normalized spacial score (nSPS) is 5.29. The molecule has 0 saturated heterocycles.